The number of ether oxygens (including phenoxy) is 1. The molecule has 0 atom stereocenters. The van der Waals surface area contributed by atoms with E-state index in [0.717, 1.165) is 5.69 Å². The number of thiazole rings is 1. The summed E-state index contributed by atoms with van der Waals surface area (Å²) >= 11 is 1.22. The third kappa shape index (κ3) is 7.11. The molecule has 0 saturated carbocycles. The van der Waals surface area contributed by atoms with Crippen LogP contribution in [-0.2, 0) is 4.79 Å². The summed E-state index contributed by atoms with van der Waals surface area (Å²) in [7, 11) is 0. The Balaban J connectivity index is 1.53. The van der Waals surface area contributed by atoms with Crippen molar-refractivity contribution in [1.82, 2.24) is 10.4 Å². The van der Waals surface area contributed by atoms with Crippen molar-refractivity contribution in [3.8, 4) is 5.75 Å². The predicted octanol–water partition coefficient (Wildman–Crippen LogP) is 5.28. The molecule has 2 amide bonds. The maximum atomic E-state index is 13.1. The molecule has 0 unspecified atom stereocenters. The van der Waals surface area contributed by atoms with E-state index in [2.05, 4.69) is 26.1 Å². The van der Waals surface area contributed by atoms with Crippen molar-refractivity contribution in [3.63, 3.8) is 0 Å². The van der Waals surface area contributed by atoms with Gasteiger partial charge >= 0.3 is 0 Å². The summed E-state index contributed by atoms with van der Waals surface area (Å²) in [5.74, 6) is -0.900. The Hall–Kier alpha value is -4.83. The molecule has 0 fully saturated rings. The molecule has 0 aliphatic carbocycles. The Morgan fingerprint density at radius 3 is 2.39 bits per heavy atom. The van der Waals surface area contributed by atoms with E-state index in [-0.39, 0.29) is 17.9 Å². The number of benzene rings is 3. The molecular formula is C28H25N5O4S. The number of amides is 2. The number of anilines is 3. The number of hydrogen-bond acceptors (Lipinski definition) is 8. The number of nitrogens with one attached hydrogen (secondary N) is 3. The molecule has 0 radical (unpaired) electrons. The lowest BCUT2D eigenvalue weighted by molar-refractivity contribution is -0.110. The largest absolute Gasteiger partial charge is 0.494 e. The fourth-order valence-corrected chi connectivity index (χ4v) is 3.95. The monoisotopic (exact) mass is 527 g/mol. The van der Waals surface area contributed by atoms with Crippen molar-refractivity contribution in [2.24, 2.45) is 5.10 Å². The predicted molar refractivity (Wildman–Crippen MR) is 148 cm³/mol. The minimum absolute atomic E-state index is 0.166. The molecule has 0 aliphatic rings. The van der Waals surface area contributed by atoms with Gasteiger partial charge in [-0.1, -0.05) is 30.3 Å². The Labute approximate surface area is 223 Å². The molecule has 9 nitrogen and oxygen atoms in total. The van der Waals surface area contributed by atoms with E-state index < -0.39 is 11.8 Å². The van der Waals surface area contributed by atoms with Gasteiger partial charge in [0.1, 0.15) is 11.5 Å². The maximum Gasteiger partial charge on any atom is 0.274 e. The highest BCUT2D eigenvalue weighted by atomic mass is 32.1. The van der Waals surface area contributed by atoms with Gasteiger partial charge < -0.3 is 10.1 Å². The van der Waals surface area contributed by atoms with Gasteiger partial charge in [-0.05, 0) is 55.5 Å². The van der Waals surface area contributed by atoms with Crippen LogP contribution in [0.5, 0.6) is 5.75 Å². The van der Waals surface area contributed by atoms with Crippen LogP contribution < -0.4 is 20.8 Å². The van der Waals surface area contributed by atoms with Crippen LogP contribution in [0, 0.1) is 0 Å². The number of Topliss-reactive ketones (excluding diaryl/α,β-unsaturated/α-hetero) is 1. The second-order valence-electron chi connectivity index (χ2n) is 7.88. The summed E-state index contributed by atoms with van der Waals surface area (Å²) < 4.78 is 5.42. The van der Waals surface area contributed by atoms with Gasteiger partial charge in [0.15, 0.2) is 10.9 Å². The zero-order chi connectivity index (χ0) is 26.7. The molecule has 192 valence electrons. The summed E-state index contributed by atoms with van der Waals surface area (Å²) in [5, 5.41) is 11.9. The third-order valence-electron chi connectivity index (χ3n) is 5.25. The number of para-hydroxylation sites is 2. The molecular weight excluding hydrogens is 502 g/mol. The number of aromatic nitrogens is 1. The molecule has 0 aliphatic heterocycles. The lowest BCUT2D eigenvalue weighted by Crippen LogP contribution is -2.29. The SMILES string of the molecule is CCOc1ccc(C(=O)CC(=NNC(=O)c2ccccc2Nc2ccccc2)C(=O)Nc2nccs2)cc1. The van der Waals surface area contributed by atoms with Crippen LogP contribution in [0.25, 0.3) is 0 Å². The summed E-state index contributed by atoms with van der Waals surface area (Å²) in [6.45, 7) is 2.37. The Morgan fingerprint density at radius 2 is 1.68 bits per heavy atom. The van der Waals surface area contributed by atoms with Gasteiger partial charge in [-0.2, -0.15) is 5.10 Å². The summed E-state index contributed by atoms with van der Waals surface area (Å²) in [4.78, 5) is 43.0. The zero-order valence-corrected chi connectivity index (χ0v) is 21.3. The topological polar surface area (TPSA) is 122 Å². The molecule has 4 rings (SSSR count). The van der Waals surface area contributed by atoms with Gasteiger partial charge in [0, 0.05) is 22.8 Å². The first-order valence-electron chi connectivity index (χ1n) is 11.8. The fourth-order valence-electron chi connectivity index (χ4n) is 3.43. The third-order valence-corrected chi connectivity index (χ3v) is 5.94. The van der Waals surface area contributed by atoms with Crippen LogP contribution in [0.15, 0.2) is 95.5 Å². The Morgan fingerprint density at radius 1 is 0.947 bits per heavy atom. The number of hydrogen-bond donors (Lipinski definition) is 3. The van der Waals surface area contributed by atoms with Gasteiger partial charge in [0.2, 0.25) is 0 Å². The van der Waals surface area contributed by atoms with Crippen molar-refractivity contribution in [2.45, 2.75) is 13.3 Å². The van der Waals surface area contributed by atoms with E-state index in [1.54, 1.807) is 60.1 Å². The van der Waals surface area contributed by atoms with Gasteiger partial charge in [-0.3, -0.25) is 19.7 Å². The van der Waals surface area contributed by atoms with Gasteiger partial charge in [-0.25, -0.2) is 10.4 Å². The van der Waals surface area contributed by atoms with Crippen LogP contribution in [0.2, 0.25) is 0 Å². The second-order valence-corrected chi connectivity index (χ2v) is 8.78. The number of carbonyl (C=O) groups is 3. The first kappa shape index (κ1) is 26.2. The standard InChI is InChI=1S/C28H25N5O4S/c1-2-37-21-14-12-19(13-15-21)25(34)18-24(27(36)31-28-29-16-17-38-28)32-33-26(35)22-10-6-7-11-23(22)30-20-8-4-3-5-9-20/h3-17,30H,2,18H2,1H3,(H,33,35)(H,29,31,36). The number of rotatable bonds is 11. The molecule has 0 bridgehead atoms. The van der Waals surface area contributed by atoms with E-state index in [9.17, 15) is 14.4 Å². The van der Waals surface area contributed by atoms with Crippen molar-refractivity contribution in [3.05, 3.63) is 102 Å². The molecule has 3 N–H and O–H groups in total. The average molecular weight is 528 g/mol. The van der Waals surface area contributed by atoms with Gasteiger partial charge in [0.05, 0.1) is 24.3 Å². The van der Waals surface area contributed by atoms with E-state index in [0.29, 0.717) is 34.3 Å². The van der Waals surface area contributed by atoms with E-state index >= 15 is 0 Å². The van der Waals surface area contributed by atoms with Crippen molar-refractivity contribution in [1.29, 1.82) is 0 Å². The normalized spacial score (nSPS) is 10.9. The maximum absolute atomic E-state index is 13.1. The molecule has 38 heavy (non-hydrogen) atoms. The number of carbonyl (C=O) groups excluding carboxylic acids is 3. The summed E-state index contributed by atoms with van der Waals surface area (Å²) in [6, 6.07) is 22.9. The van der Waals surface area contributed by atoms with Crippen LogP contribution >= 0.6 is 11.3 Å². The first-order chi connectivity index (χ1) is 18.5. The zero-order valence-electron chi connectivity index (χ0n) is 20.5. The molecule has 0 spiro atoms. The van der Waals surface area contributed by atoms with Crippen LogP contribution in [-0.4, -0.2) is 34.9 Å². The van der Waals surface area contributed by atoms with E-state index in [1.165, 1.54) is 11.3 Å². The first-order valence-corrected chi connectivity index (χ1v) is 12.7. The molecule has 10 heteroatoms. The van der Waals surface area contributed by atoms with E-state index in [4.69, 9.17) is 4.74 Å². The number of nitrogens with zero attached hydrogens (tertiary/aromatic N) is 2. The molecule has 1 heterocycles. The lowest BCUT2D eigenvalue weighted by atomic mass is 10.1. The van der Waals surface area contributed by atoms with Crippen LogP contribution in [0.3, 0.4) is 0 Å². The average Bonchev–Trinajstić information content (AvgIpc) is 3.45. The van der Waals surface area contributed by atoms with E-state index in [1.807, 2.05) is 37.3 Å². The van der Waals surface area contributed by atoms with Gasteiger partial charge in [0.25, 0.3) is 11.8 Å². The Kier molecular flexibility index (Phi) is 8.93. The van der Waals surface area contributed by atoms with Crippen molar-refractivity contribution in [2.75, 3.05) is 17.2 Å². The highest BCUT2D eigenvalue weighted by molar-refractivity contribution is 7.13. The molecule has 1 aromatic heterocycles. The molecule has 0 saturated heterocycles. The summed E-state index contributed by atoms with van der Waals surface area (Å²) in [5.41, 5.74) is 4.33. The molecule has 3 aromatic carbocycles. The highest BCUT2D eigenvalue weighted by Gasteiger charge is 2.20. The minimum Gasteiger partial charge on any atom is -0.494 e. The molecule has 4 aromatic rings. The number of hydrazone groups is 1. The van der Waals surface area contributed by atoms with Gasteiger partial charge in [-0.15, -0.1) is 11.3 Å². The van der Waals surface area contributed by atoms with Crippen LogP contribution in [0.1, 0.15) is 34.1 Å². The Bertz CT molecular complexity index is 1420. The number of ketones is 1. The lowest BCUT2D eigenvalue weighted by Gasteiger charge is -2.12. The minimum atomic E-state index is -0.643. The van der Waals surface area contributed by atoms with Crippen molar-refractivity contribution < 1.29 is 19.1 Å². The van der Waals surface area contributed by atoms with Crippen LogP contribution in [0.4, 0.5) is 16.5 Å². The quantitative estimate of drug-likeness (QED) is 0.139. The fraction of sp³-hybridized carbons (Fsp3) is 0.107. The highest BCUT2D eigenvalue weighted by Crippen LogP contribution is 2.21. The smallest absolute Gasteiger partial charge is 0.274 e. The second kappa shape index (κ2) is 12.9. The van der Waals surface area contributed by atoms with Crippen molar-refractivity contribution >= 4 is 51.2 Å². The summed E-state index contributed by atoms with van der Waals surface area (Å²) in [6.07, 6.45) is 1.20.